The minimum Gasteiger partial charge on any atom is -0.298 e. The molecule has 0 spiro atoms. The zero-order chi connectivity index (χ0) is 10.6. The highest BCUT2D eigenvalue weighted by atomic mass is 79.9. The van der Waals surface area contributed by atoms with Gasteiger partial charge >= 0.3 is 0 Å². The molecule has 14 heavy (non-hydrogen) atoms. The summed E-state index contributed by atoms with van der Waals surface area (Å²) >= 11 is 6.70. The number of benzene rings is 1. The van der Waals surface area contributed by atoms with E-state index in [0.717, 1.165) is 16.5 Å². The minimum atomic E-state index is 0.207. The van der Waals surface area contributed by atoms with Gasteiger partial charge in [0.15, 0.2) is 0 Å². The second kappa shape index (κ2) is 5.66. The van der Waals surface area contributed by atoms with Crippen molar-refractivity contribution >= 4 is 37.6 Å². The van der Waals surface area contributed by atoms with Crippen LogP contribution in [0.5, 0.6) is 0 Å². The van der Waals surface area contributed by atoms with Crippen LogP contribution in [-0.2, 0) is 17.6 Å². The lowest BCUT2D eigenvalue weighted by atomic mass is 10.1. The monoisotopic (exact) mass is 318 g/mol. The molecule has 0 atom stereocenters. The molecule has 3 heteroatoms. The Morgan fingerprint density at radius 3 is 2.57 bits per heavy atom. The molecule has 1 aromatic carbocycles. The summed E-state index contributed by atoms with van der Waals surface area (Å²) in [4.78, 5) is 11.3. The molecule has 0 heterocycles. The van der Waals surface area contributed by atoms with E-state index in [9.17, 15) is 4.79 Å². The number of carbonyl (C=O) groups excluding carboxylic acids is 1. The lowest BCUT2D eigenvalue weighted by Gasteiger charge is -2.06. The summed E-state index contributed by atoms with van der Waals surface area (Å²) < 4.78 is 1.08. The maximum atomic E-state index is 11.3. The number of hydrogen-bond donors (Lipinski definition) is 0. The summed E-state index contributed by atoms with van der Waals surface area (Å²) in [7, 11) is 0. The number of Topliss-reactive ketones (excluding diaryl/α,β-unsaturated/α-hetero) is 1. The molecular weight excluding hydrogens is 308 g/mol. The van der Waals surface area contributed by atoms with Gasteiger partial charge in [-0.3, -0.25) is 4.79 Å². The first kappa shape index (κ1) is 11.9. The van der Waals surface area contributed by atoms with Gasteiger partial charge in [-0.05, 0) is 17.5 Å². The van der Waals surface area contributed by atoms with Gasteiger partial charge in [0.25, 0.3) is 0 Å². The van der Waals surface area contributed by atoms with Crippen molar-refractivity contribution in [2.75, 3.05) is 5.33 Å². The first-order valence-corrected chi connectivity index (χ1v) is 6.44. The Kier molecular flexibility index (Phi) is 4.82. The lowest BCUT2D eigenvalue weighted by Crippen LogP contribution is -2.04. The molecule has 0 aliphatic heterocycles. The molecule has 0 amide bonds. The van der Waals surface area contributed by atoms with Gasteiger partial charge < -0.3 is 0 Å². The highest BCUT2D eigenvalue weighted by Crippen LogP contribution is 2.23. The van der Waals surface area contributed by atoms with Crippen molar-refractivity contribution < 1.29 is 4.79 Å². The Morgan fingerprint density at radius 1 is 1.36 bits per heavy atom. The Labute approximate surface area is 101 Å². The van der Waals surface area contributed by atoms with E-state index >= 15 is 0 Å². The second-order valence-corrected chi connectivity index (χ2v) is 4.45. The van der Waals surface area contributed by atoms with Crippen molar-refractivity contribution in [2.24, 2.45) is 0 Å². The Balaban J connectivity index is 2.92. The van der Waals surface area contributed by atoms with Crippen molar-refractivity contribution in [2.45, 2.75) is 19.8 Å². The fourth-order valence-corrected chi connectivity index (χ4v) is 2.19. The predicted octanol–water partition coefficient (Wildman–Crippen LogP) is 3.52. The summed E-state index contributed by atoms with van der Waals surface area (Å²) in [5.74, 6) is 0.207. The maximum Gasteiger partial charge on any atom is 0.147 e. The van der Waals surface area contributed by atoms with E-state index in [1.807, 2.05) is 12.1 Å². The molecular formula is C11H12Br2O. The zero-order valence-corrected chi connectivity index (χ0v) is 11.2. The summed E-state index contributed by atoms with van der Waals surface area (Å²) in [5, 5.41) is 0.426. The summed E-state index contributed by atoms with van der Waals surface area (Å²) in [6, 6.07) is 6.07. The number of halogens is 2. The SMILES string of the molecule is CCc1cccc(CC(=O)CBr)c1Br. The van der Waals surface area contributed by atoms with Gasteiger partial charge in [0.1, 0.15) is 5.78 Å². The molecule has 0 fully saturated rings. The van der Waals surface area contributed by atoms with Crippen LogP contribution in [0.2, 0.25) is 0 Å². The van der Waals surface area contributed by atoms with Crippen LogP contribution in [0.25, 0.3) is 0 Å². The molecule has 0 unspecified atom stereocenters. The highest BCUT2D eigenvalue weighted by molar-refractivity contribution is 9.10. The molecule has 1 aromatic rings. The molecule has 0 aliphatic rings. The van der Waals surface area contributed by atoms with Crippen LogP contribution >= 0.6 is 31.9 Å². The van der Waals surface area contributed by atoms with Crippen molar-refractivity contribution in [1.29, 1.82) is 0 Å². The van der Waals surface area contributed by atoms with E-state index in [-0.39, 0.29) is 5.78 Å². The lowest BCUT2D eigenvalue weighted by molar-refractivity contribution is -0.115. The van der Waals surface area contributed by atoms with Gasteiger partial charge in [0, 0.05) is 10.9 Å². The molecule has 1 rings (SSSR count). The molecule has 0 saturated heterocycles. The fraction of sp³-hybridized carbons (Fsp3) is 0.364. The van der Waals surface area contributed by atoms with Crippen LogP contribution in [0.1, 0.15) is 18.1 Å². The Hall–Kier alpha value is -0.150. The van der Waals surface area contributed by atoms with Gasteiger partial charge in [-0.2, -0.15) is 0 Å². The van der Waals surface area contributed by atoms with Crippen molar-refractivity contribution in [1.82, 2.24) is 0 Å². The van der Waals surface area contributed by atoms with E-state index < -0.39 is 0 Å². The number of aryl methyl sites for hydroxylation is 1. The molecule has 0 radical (unpaired) electrons. The maximum absolute atomic E-state index is 11.3. The molecule has 0 bridgehead atoms. The van der Waals surface area contributed by atoms with Crippen molar-refractivity contribution in [3.05, 3.63) is 33.8 Å². The number of hydrogen-bond acceptors (Lipinski definition) is 1. The topological polar surface area (TPSA) is 17.1 Å². The smallest absolute Gasteiger partial charge is 0.147 e. The van der Waals surface area contributed by atoms with Crippen molar-refractivity contribution in [3.63, 3.8) is 0 Å². The molecule has 0 saturated carbocycles. The van der Waals surface area contributed by atoms with Gasteiger partial charge in [0.2, 0.25) is 0 Å². The van der Waals surface area contributed by atoms with Crippen LogP contribution in [-0.4, -0.2) is 11.1 Å². The quantitative estimate of drug-likeness (QED) is 0.776. The first-order chi connectivity index (χ1) is 6.69. The van der Waals surface area contributed by atoms with Gasteiger partial charge in [-0.15, -0.1) is 0 Å². The minimum absolute atomic E-state index is 0.207. The first-order valence-electron chi connectivity index (χ1n) is 4.53. The number of rotatable bonds is 4. The third-order valence-electron chi connectivity index (χ3n) is 2.08. The average Bonchev–Trinajstić information content (AvgIpc) is 2.21. The normalized spacial score (nSPS) is 10.2. The number of alkyl halides is 1. The van der Waals surface area contributed by atoms with Gasteiger partial charge in [0.05, 0.1) is 5.33 Å². The third kappa shape index (κ3) is 2.92. The molecule has 0 aromatic heterocycles. The summed E-state index contributed by atoms with van der Waals surface area (Å²) in [6.07, 6.45) is 1.48. The Morgan fingerprint density at radius 2 is 2.00 bits per heavy atom. The molecule has 0 aliphatic carbocycles. The highest BCUT2D eigenvalue weighted by Gasteiger charge is 2.07. The van der Waals surface area contributed by atoms with E-state index in [4.69, 9.17) is 0 Å². The van der Waals surface area contributed by atoms with E-state index in [2.05, 4.69) is 44.8 Å². The van der Waals surface area contributed by atoms with Crippen LogP contribution < -0.4 is 0 Å². The second-order valence-electron chi connectivity index (χ2n) is 3.09. The summed E-state index contributed by atoms with van der Waals surface area (Å²) in [6.45, 7) is 2.11. The van der Waals surface area contributed by atoms with E-state index in [1.54, 1.807) is 0 Å². The van der Waals surface area contributed by atoms with E-state index in [0.29, 0.717) is 11.8 Å². The van der Waals surface area contributed by atoms with Crippen LogP contribution in [0.15, 0.2) is 22.7 Å². The zero-order valence-electron chi connectivity index (χ0n) is 8.02. The summed E-state index contributed by atoms with van der Waals surface area (Å²) in [5.41, 5.74) is 2.33. The molecule has 0 N–H and O–H groups in total. The average molecular weight is 320 g/mol. The Bertz CT molecular complexity index is 334. The number of ketones is 1. The van der Waals surface area contributed by atoms with Crippen LogP contribution in [0, 0.1) is 0 Å². The van der Waals surface area contributed by atoms with Gasteiger partial charge in [-0.1, -0.05) is 57.0 Å². The van der Waals surface area contributed by atoms with Crippen LogP contribution in [0.4, 0.5) is 0 Å². The van der Waals surface area contributed by atoms with E-state index in [1.165, 1.54) is 5.56 Å². The molecule has 76 valence electrons. The third-order valence-corrected chi connectivity index (χ3v) is 3.72. The van der Waals surface area contributed by atoms with Crippen LogP contribution in [0.3, 0.4) is 0 Å². The largest absolute Gasteiger partial charge is 0.298 e. The van der Waals surface area contributed by atoms with Gasteiger partial charge in [-0.25, -0.2) is 0 Å². The number of carbonyl (C=O) groups is 1. The van der Waals surface area contributed by atoms with Crippen molar-refractivity contribution in [3.8, 4) is 0 Å². The molecule has 1 nitrogen and oxygen atoms in total. The standard InChI is InChI=1S/C11H12Br2O/c1-2-8-4-3-5-9(11(8)13)6-10(14)7-12/h3-5H,2,6-7H2,1H3. The fourth-order valence-electron chi connectivity index (χ4n) is 1.30. The predicted molar refractivity (Wildman–Crippen MR) is 66.0 cm³/mol.